The maximum absolute atomic E-state index is 13.6. The van der Waals surface area contributed by atoms with Crippen molar-refractivity contribution in [3.63, 3.8) is 0 Å². The van der Waals surface area contributed by atoms with Gasteiger partial charge in [-0.3, -0.25) is 5.43 Å². The minimum Gasteiger partial charge on any atom is -0.494 e. The van der Waals surface area contributed by atoms with Gasteiger partial charge in [0.2, 0.25) is 0 Å². The van der Waals surface area contributed by atoms with E-state index in [4.69, 9.17) is 17.0 Å². The van der Waals surface area contributed by atoms with Crippen molar-refractivity contribution < 1.29 is 9.13 Å². The Kier molecular flexibility index (Phi) is 5.50. The van der Waals surface area contributed by atoms with Crippen LogP contribution in [0.3, 0.4) is 0 Å². The molecule has 2 N–H and O–H groups in total. The molecule has 6 heteroatoms. The number of nitrogens with one attached hydrogen (secondary N) is 2. The van der Waals surface area contributed by atoms with E-state index < -0.39 is 5.82 Å². The minimum atomic E-state index is -0.406. The van der Waals surface area contributed by atoms with Crippen LogP contribution in [0.5, 0.6) is 5.75 Å². The predicted octanol–water partition coefficient (Wildman–Crippen LogP) is 2.97. The van der Waals surface area contributed by atoms with E-state index >= 15 is 0 Å². The number of ether oxygens (including phenoxy) is 1. The molecule has 1 aromatic carbocycles. The number of nitrogens with zero attached hydrogens (tertiary/aromatic N) is 1. The molecular formula is C15H20FN3OS. The van der Waals surface area contributed by atoms with Crippen LogP contribution in [0.25, 0.3) is 0 Å². The van der Waals surface area contributed by atoms with Crippen molar-refractivity contribution in [3.05, 3.63) is 29.6 Å². The molecule has 1 saturated carbocycles. The van der Waals surface area contributed by atoms with Gasteiger partial charge in [0.25, 0.3) is 0 Å². The summed E-state index contributed by atoms with van der Waals surface area (Å²) in [6, 6.07) is 5.18. The molecule has 0 saturated heterocycles. The Morgan fingerprint density at radius 2 is 2.10 bits per heavy atom. The average molecular weight is 309 g/mol. The Morgan fingerprint density at radius 3 is 2.71 bits per heavy atom. The van der Waals surface area contributed by atoms with Gasteiger partial charge in [-0.1, -0.05) is 12.8 Å². The van der Waals surface area contributed by atoms with Gasteiger partial charge in [0.15, 0.2) is 16.7 Å². The number of thiocarbonyl (C=S) groups is 1. The van der Waals surface area contributed by atoms with E-state index in [0.717, 1.165) is 12.8 Å². The van der Waals surface area contributed by atoms with Gasteiger partial charge in [0.1, 0.15) is 0 Å². The highest BCUT2D eigenvalue weighted by molar-refractivity contribution is 7.80. The summed E-state index contributed by atoms with van der Waals surface area (Å²) < 4.78 is 18.5. The third-order valence-corrected chi connectivity index (χ3v) is 3.79. The SMILES string of the molecule is COc1ccc(/C(C)=N\NC(=S)NC2CCCC2)cc1F. The molecule has 0 amide bonds. The van der Waals surface area contributed by atoms with Gasteiger partial charge in [0.05, 0.1) is 12.8 Å². The van der Waals surface area contributed by atoms with Crippen molar-refractivity contribution >= 4 is 23.0 Å². The zero-order valence-corrected chi connectivity index (χ0v) is 13.1. The first-order valence-electron chi connectivity index (χ1n) is 7.05. The van der Waals surface area contributed by atoms with Gasteiger partial charge in [-0.05, 0) is 50.2 Å². The Labute approximate surface area is 129 Å². The van der Waals surface area contributed by atoms with Crippen LogP contribution in [-0.2, 0) is 0 Å². The van der Waals surface area contributed by atoms with E-state index in [9.17, 15) is 4.39 Å². The van der Waals surface area contributed by atoms with Crippen LogP contribution >= 0.6 is 12.2 Å². The topological polar surface area (TPSA) is 45.6 Å². The monoisotopic (exact) mass is 309 g/mol. The summed E-state index contributed by atoms with van der Waals surface area (Å²) >= 11 is 5.20. The second-order valence-electron chi connectivity index (χ2n) is 5.11. The number of halogens is 1. The molecule has 0 unspecified atom stereocenters. The molecule has 114 valence electrons. The van der Waals surface area contributed by atoms with Crippen molar-refractivity contribution in [3.8, 4) is 5.75 Å². The van der Waals surface area contributed by atoms with Gasteiger partial charge in [-0.15, -0.1) is 0 Å². The summed E-state index contributed by atoms with van der Waals surface area (Å²) in [5, 5.41) is 7.93. The first kappa shape index (κ1) is 15.7. The van der Waals surface area contributed by atoms with Crippen molar-refractivity contribution in [2.45, 2.75) is 38.6 Å². The van der Waals surface area contributed by atoms with E-state index in [2.05, 4.69) is 15.8 Å². The molecule has 0 spiro atoms. The molecule has 0 heterocycles. The molecule has 21 heavy (non-hydrogen) atoms. The molecular weight excluding hydrogens is 289 g/mol. The third-order valence-electron chi connectivity index (χ3n) is 3.59. The highest BCUT2D eigenvalue weighted by Gasteiger charge is 2.15. The van der Waals surface area contributed by atoms with Crippen LogP contribution in [0.4, 0.5) is 4.39 Å². The fraction of sp³-hybridized carbons (Fsp3) is 0.467. The molecule has 0 aromatic heterocycles. The van der Waals surface area contributed by atoms with Gasteiger partial charge >= 0.3 is 0 Å². The number of rotatable bonds is 4. The zero-order chi connectivity index (χ0) is 15.2. The molecule has 1 aromatic rings. The molecule has 0 bridgehead atoms. The van der Waals surface area contributed by atoms with Crippen molar-refractivity contribution in [1.82, 2.24) is 10.7 Å². The predicted molar refractivity (Wildman–Crippen MR) is 86.3 cm³/mol. The molecule has 2 rings (SSSR count). The smallest absolute Gasteiger partial charge is 0.187 e. The lowest BCUT2D eigenvalue weighted by molar-refractivity contribution is 0.386. The fourth-order valence-corrected chi connectivity index (χ4v) is 2.59. The summed E-state index contributed by atoms with van der Waals surface area (Å²) in [5.74, 6) is -0.186. The number of hydrazone groups is 1. The molecule has 4 nitrogen and oxygen atoms in total. The summed E-state index contributed by atoms with van der Waals surface area (Å²) in [6.07, 6.45) is 4.78. The highest BCUT2D eigenvalue weighted by Crippen LogP contribution is 2.18. The maximum atomic E-state index is 13.6. The zero-order valence-electron chi connectivity index (χ0n) is 12.3. The summed E-state index contributed by atoms with van der Waals surface area (Å²) in [6.45, 7) is 1.80. The lowest BCUT2D eigenvalue weighted by atomic mass is 10.1. The molecule has 1 aliphatic carbocycles. The second-order valence-corrected chi connectivity index (χ2v) is 5.52. The number of hydrogen-bond acceptors (Lipinski definition) is 3. The van der Waals surface area contributed by atoms with E-state index in [1.807, 2.05) is 0 Å². The number of hydrogen-bond donors (Lipinski definition) is 2. The van der Waals surface area contributed by atoms with Crippen LogP contribution in [0.2, 0.25) is 0 Å². The van der Waals surface area contributed by atoms with Crippen molar-refractivity contribution in [2.75, 3.05) is 7.11 Å². The van der Waals surface area contributed by atoms with Crippen LogP contribution in [0, 0.1) is 5.82 Å². The third kappa shape index (κ3) is 4.39. The van der Waals surface area contributed by atoms with Gasteiger partial charge < -0.3 is 10.1 Å². The van der Waals surface area contributed by atoms with Gasteiger partial charge in [0, 0.05) is 11.6 Å². The van der Waals surface area contributed by atoms with Crippen molar-refractivity contribution in [1.29, 1.82) is 0 Å². The quantitative estimate of drug-likeness (QED) is 0.510. The van der Waals surface area contributed by atoms with Crippen LogP contribution < -0.4 is 15.5 Å². The van der Waals surface area contributed by atoms with Crippen molar-refractivity contribution in [2.24, 2.45) is 5.10 Å². The maximum Gasteiger partial charge on any atom is 0.187 e. The van der Waals surface area contributed by atoms with E-state index in [0.29, 0.717) is 22.4 Å². The Bertz CT molecular complexity index is 542. The highest BCUT2D eigenvalue weighted by atomic mass is 32.1. The second kappa shape index (κ2) is 7.36. The Hall–Kier alpha value is -1.69. The lowest BCUT2D eigenvalue weighted by Crippen LogP contribution is -2.38. The summed E-state index contributed by atoms with van der Waals surface area (Å²) in [5.41, 5.74) is 4.15. The van der Waals surface area contributed by atoms with E-state index in [1.165, 1.54) is 26.0 Å². The van der Waals surface area contributed by atoms with Gasteiger partial charge in [-0.25, -0.2) is 4.39 Å². The van der Waals surface area contributed by atoms with E-state index in [-0.39, 0.29) is 5.75 Å². The molecule has 0 atom stereocenters. The Morgan fingerprint density at radius 1 is 1.38 bits per heavy atom. The van der Waals surface area contributed by atoms with E-state index in [1.54, 1.807) is 19.1 Å². The van der Waals surface area contributed by atoms with Crippen LogP contribution in [0.15, 0.2) is 23.3 Å². The molecule has 1 aliphatic rings. The molecule has 0 aliphatic heterocycles. The Balaban J connectivity index is 1.93. The summed E-state index contributed by atoms with van der Waals surface area (Å²) in [4.78, 5) is 0. The first-order valence-corrected chi connectivity index (χ1v) is 7.45. The number of methoxy groups -OCH3 is 1. The largest absolute Gasteiger partial charge is 0.494 e. The standard InChI is InChI=1S/C15H20FN3OS/c1-10(11-7-8-14(20-2)13(16)9-11)18-19-15(21)17-12-5-3-4-6-12/h7-9,12H,3-6H2,1-2H3,(H2,17,19,21)/b18-10-. The molecule has 1 fully saturated rings. The normalized spacial score (nSPS) is 15.9. The minimum absolute atomic E-state index is 0.220. The van der Waals surface area contributed by atoms with Crippen LogP contribution in [0.1, 0.15) is 38.2 Å². The van der Waals surface area contributed by atoms with Gasteiger partial charge in [-0.2, -0.15) is 5.10 Å². The lowest BCUT2D eigenvalue weighted by Gasteiger charge is -2.13. The first-order chi connectivity index (χ1) is 10.1. The number of benzene rings is 1. The molecule has 0 radical (unpaired) electrons. The fourth-order valence-electron chi connectivity index (χ4n) is 2.38. The average Bonchev–Trinajstić information content (AvgIpc) is 2.97. The van der Waals surface area contributed by atoms with Crippen LogP contribution in [-0.4, -0.2) is 24.0 Å². The summed E-state index contributed by atoms with van der Waals surface area (Å²) in [7, 11) is 1.44.